The first-order valence-corrected chi connectivity index (χ1v) is 5.93. The van der Waals surface area contributed by atoms with Gasteiger partial charge in [-0.3, -0.25) is 9.78 Å². The van der Waals surface area contributed by atoms with Gasteiger partial charge in [0.15, 0.2) is 0 Å². The monoisotopic (exact) mass is 286 g/mol. The zero-order chi connectivity index (χ0) is 12.0. The van der Waals surface area contributed by atoms with Crippen LogP contribution >= 0.6 is 15.9 Å². The highest BCUT2D eigenvalue weighted by atomic mass is 79.9. The fourth-order valence-corrected chi connectivity index (χ4v) is 1.60. The highest BCUT2D eigenvalue weighted by Gasteiger charge is 2.16. The van der Waals surface area contributed by atoms with E-state index >= 15 is 0 Å². The van der Waals surface area contributed by atoms with E-state index in [-0.39, 0.29) is 16.8 Å². The van der Waals surface area contributed by atoms with Crippen molar-refractivity contribution in [1.82, 2.24) is 10.3 Å². The molecule has 1 rings (SSSR count). The van der Waals surface area contributed by atoms with E-state index in [9.17, 15) is 4.79 Å². The number of hydrogen-bond acceptors (Lipinski definition) is 4. The quantitative estimate of drug-likeness (QED) is 0.661. The van der Waals surface area contributed by atoms with Crippen LogP contribution in [-0.4, -0.2) is 29.4 Å². The van der Waals surface area contributed by atoms with E-state index in [2.05, 4.69) is 31.0 Å². The molecule has 0 amide bonds. The highest BCUT2D eigenvalue weighted by Crippen LogP contribution is 2.09. The molecule has 5 heteroatoms. The fraction of sp³-hybridized carbons (Fsp3) is 0.455. The van der Waals surface area contributed by atoms with Crippen molar-refractivity contribution in [1.29, 1.82) is 0 Å². The molecule has 1 unspecified atom stereocenters. The maximum absolute atomic E-state index is 11.1. The van der Waals surface area contributed by atoms with Crippen LogP contribution in [0.25, 0.3) is 0 Å². The Morgan fingerprint density at radius 3 is 2.94 bits per heavy atom. The normalized spacial score (nSPS) is 14.2. The van der Waals surface area contributed by atoms with E-state index in [1.807, 2.05) is 25.1 Å². The summed E-state index contributed by atoms with van der Waals surface area (Å²) in [4.78, 5) is 15.0. The van der Waals surface area contributed by atoms with Gasteiger partial charge in [0, 0.05) is 18.8 Å². The van der Waals surface area contributed by atoms with Crippen molar-refractivity contribution >= 4 is 21.9 Å². The Morgan fingerprint density at radius 2 is 2.38 bits per heavy atom. The summed E-state index contributed by atoms with van der Waals surface area (Å²) in [5.74, 6) is -0.277. The lowest BCUT2D eigenvalue weighted by atomic mass is 10.2. The number of aromatic nitrogens is 1. The van der Waals surface area contributed by atoms with Gasteiger partial charge < -0.3 is 10.1 Å². The number of nitrogens with one attached hydrogen (secondary N) is 1. The van der Waals surface area contributed by atoms with Gasteiger partial charge in [-0.1, -0.05) is 22.0 Å². The van der Waals surface area contributed by atoms with Gasteiger partial charge >= 0.3 is 5.97 Å². The molecule has 0 fully saturated rings. The molecule has 0 aliphatic carbocycles. The summed E-state index contributed by atoms with van der Waals surface area (Å²) >= 11 is 3.25. The number of hydrogen-bond donors (Lipinski definition) is 1. The van der Waals surface area contributed by atoms with Gasteiger partial charge in [0.2, 0.25) is 0 Å². The molecular weight excluding hydrogens is 272 g/mol. The second-order valence-corrected chi connectivity index (χ2v) is 4.48. The van der Waals surface area contributed by atoms with Gasteiger partial charge in [-0.15, -0.1) is 0 Å². The average molecular weight is 287 g/mol. The van der Waals surface area contributed by atoms with E-state index in [0.29, 0.717) is 6.54 Å². The molecule has 1 N–H and O–H groups in total. The third-order valence-electron chi connectivity index (χ3n) is 2.19. The summed E-state index contributed by atoms with van der Waals surface area (Å²) < 4.78 is 4.61. The summed E-state index contributed by atoms with van der Waals surface area (Å²) in [6.45, 7) is 2.50. The van der Waals surface area contributed by atoms with Crippen LogP contribution in [0.1, 0.15) is 18.7 Å². The third kappa shape index (κ3) is 3.90. The van der Waals surface area contributed by atoms with Gasteiger partial charge in [-0.2, -0.15) is 0 Å². The molecule has 0 spiro atoms. The number of esters is 1. The molecular formula is C11H15BrN2O2. The van der Waals surface area contributed by atoms with Crippen LogP contribution in [0.3, 0.4) is 0 Å². The van der Waals surface area contributed by atoms with Crippen molar-refractivity contribution in [3.8, 4) is 0 Å². The van der Waals surface area contributed by atoms with Gasteiger partial charge in [0.1, 0.15) is 4.83 Å². The fourth-order valence-electron chi connectivity index (χ4n) is 1.23. The molecule has 0 bridgehead atoms. The smallest absolute Gasteiger partial charge is 0.320 e. The first kappa shape index (κ1) is 13.1. The van der Waals surface area contributed by atoms with Crippen LogP contribution in [0.4, 0.5) is 0 Å². The third-order valence-corrected chi connectivity index (χ3v) is 2.89. The lowest BCUT2D eigenvalue weighted by molar-refractivity contribution is -0.139. The minimum atomic E-state index is -0.330. The number of carbonyl (C=O) groups is 1. The molecule has 4 nitrogen and oxygen atoms in total. The van der Waals surface area contributed by atoms with E-state index in [4.69, 9.17) is 0 Å². The second kappa shape index (κ2) is 6.60. The highest BCUT2D eigenvalue weighted by molar-refractivity contribution is 9.10. The Kier molecular flexibility index (Phi) is 5.42. The average Bonchev–Trinajstić information content (AvgIpc) is 2.35. The predicted molar refractivity (Wildman–Crippen MR) is 65.4 cm³/mol. The summed E-state index contributed by atoms with van der Waals surface area (Å²) in [5, 5.41) is 3.20. The van der Waals surface area contributed by atoms with E-state index in [1.54, 1.807) is 6.20 Å². The molecule has 1 aromatic heterocycles. The number of halogens is 1. The number of rotatable bonds is 5. The van der Waals surface area contributed by atoms with Crippen molar-refractivity contribution in [2.45, 2.75) is 17.8 Å². The van der Waals surface area contributed by atoms with E-state index < -0.39 is 0 Å². The molecule has 0 aromatic carbocycles. The van der Waals surface area contributed by atoms with Crippen LogP contribution in [0.2, 0.25) is 0 Å². The Balaban J connectivity index is 2.41. The molecule has 0 aliphatic heterocycles. The Labute approximate surface area is 104 Å². The lowest BCUT2D eigenvalue weighted by Crippen LogP contribution is -2.31. The van der Waals surface area contributed by atoms with E-state index in [1.165, 1.54) is 7.11 Å². The Morgan fingerprint density at radius 1 is 1.62 bits per heavy atom. The maximum atomic E-state index is 11.1. The molecule has 1 heterocycles. The molecule has 16 heavy (non-hydrogen) atoms. The zero-order valence-corrected chi connectivity index (χ0v) is 10.9. The molecule has 1 aromatic rings. The summed E-state index contributed by atoms with van der Waals surface area (Å²) in [6, 6.07) is 5.86. The zero-order valence-electron chi connectivity index (χ0n) is 9.31. The Hall–Kier alpha value is -0.940. The van der Waals surface area contributed by atoms with Crippen molar-refractivity contribution in [2.75, 3.05) is 13.7 Å². The standard InChI is InChI=1S/C11H15BrN2O2/c1-8(10-5-3-4-6-13-10)14-7-9(12)11(15)16-2/h3-6,8-9,14H,7H2,1-2H3/t8-,9?/m0/s1. The van der Waals surface area contributed by atoms with Crippen LogP contribution < -0.4 is 5.32 Å². The topological polar surface area (TPSA) is 51.2 Å². The lowest BCUT2D eigenvalue weighted by Gasteiger charge is -2.15. The van der Waals surface area contributed by atoms with Gasteiger partial charge in [-0.05, 0) is 19.1 Å². The summed E-state index contributed by atoms with van der Waals surface area (Å²) in [5.41, 5.74) is 0.951. The largest absolute Gasteiger partial charge is 0.468 e. The minimum absolute atomic E-state index is 0.103. The number of methoxy groups -OCH3 is 1. The minimum Gasteiger partial charge on any atom is -0.468 e. The number of pyridine rings is 1. The predicted octanol–water partition coefficient (Wildman–Crippen LogP) is 1.67. The molecule has 0 saturated heterocycles. The first-order chi connectivity index (χ1) is 7.65. The van der Waals surface area contributed by atoms with Crippen LogP contribution in [0, 0.1) is 0 Å². The summed E-state index contributed by atoms with van der Waals surface area (Å²) in [6.07, 6.45) is 1.75. The van der Waals surface area contributed by atoms with Crippen molar-refractivity contribution in [3.05, 3.63) is 30.1 Å². The number of nitrogens with zero attached hydrogens (tertiary/aromatic N) is 1. The molecule has 0 radical (unpaired) electrons. The van der Waals surface area contributed by atoms with Gasteiger partial charge in [0.05, 0.1) is 12.8 Å². The van der Waals surface area contributed by atoms with Crippen LogP contribution in [0.5, 0.6) is 0 Å². The SMILES string of the molecule is COC(=O)C(Br)CN[C@@H](C)c1ccccn1. The van der Waals surface area contributed by atoms with Gasteiger partial charge in [0.25, 0.3) is 0 Å². The van der Waals surface area contributed by atoms with Crippen molar-refractivity contribution in [2.24, 2.45) is 0 Å². The van der Waals surface area contributed by atoms with Gasteiger partial charge in [-0.25, -0.2) is 0 Å². The Bertz CT molecular complexity index is 332. The van der Waals surface area contributed by atoms with Crippen molar-refractivity contribution < 1.29 is 9.53 Å². The molecule has 2 atom stereocenters. The summed E-state index contributed by atoms with van der Waals surface area (Å²) in [7, 11) is 1.37. The molecule has 0 saturated carbocycles. The van der Waals surface area contributed by atoms with Crippen LogP contribution in [0.15, 0.2) is 24.4 Å². The first-order valence-electron chi connectivity index (χ1n) is 5.01. The number of carbonyl (C=O) groups excluding carboxylic acids is 1. The van der Waals surface area contributed by atoms with E-state index in [0.717, 1.165) is 5.69 Å². The number of alkyl halides is 1. The second-order valence-electron chi connectivity index (χ2n) is 3.38. The number of ether oxygens (including phenoxy) is 1. The molecule has 0 aliphatic rings. The molecule has 88 valence electrons. The maximum Gasteiger partial charge on any atom is 0.320 e. The van der Waals surface area contributed by atoms with Crippen LogP contribution in [-0.2, 0) is 9.53 Å². The van der Waals surface area contributed by atoms with Crippen molar-refractivity contribution in [3.63, 3.8) is 0 Å².